The molecular weight excluding hydrogens is 319 g/mol. The monoisotopic (exact) mass is 330 g/mol. The third-order valence-corrected chi connectivity index (χ3v) is 3.93. The van der Waals surface area contributed by atoms with Crippen LogP contribution < -0.4 is 0 Å². The normalized spacial score (nSPS) is 11.6. The largest absolute Gasteiger partial charge is 0.229 e. The molecule has 0 atom stereocenters. The van der Waals surface area contributed by atoms with Gasteiger partial charge in [-0.25, -0.2) is 18.4 Å². The Morgan fingerprint density at radius 2 is 1.55 bits per heavy atom. The van der Waals surface area contributed by atoms with Crippen LogP contribution in [-0.2, 0) is 15.6 Å². The van der Waals surface area contributed by atoms with E-state index < -0.39 is 9.84 Å². The fourth-order valence-electron chi connectivity index (χ4n) is 1.71. The molecule has 0 aliphatic rings. The van der Waals surface area contributed by atoms with Crippen LogP contribution >= 0.6 is 23.2 Å². The van der Waals surface area contributed by atoms with Gasteiger partial charge in [0.2, 0.25) is 0 Å². The van der Waals surface area contributed by atoms with Gasteiger partial charge in [-0.3, -0.25) is 0 Å². The number of aryl methyl sites for hydroxylation is 1. The Morgan fingerprint density at radius 3 is 2.00 bits per heavy atom. The first-order chi connectivity index (χ1) is 9.26. The minimum Gasteiger partial charge on any atom is -0.229 e. The average Bonchev–Trinajstić information content (AvgIpc) is 2.28. The first kappa shape index (κ1) is 15.2. The van der Waals surface area contributed by atoms with Crippen LogP contribution in [0.25, 0.3) is 11.1 Å². The summed E-state index contributed by atoms with van der Waals surface area (Å²) in [4.78, 5) is 8.02. The fraction of sp³-hybridized carbons (Fsp3) is 0.231. The molecule has 2 aromatic rings. The Bertz CT molecular complexity index is 720. The SMILES string of the molecule is Cc1ccc(-c2c(Cl)nc(CS(C)(=O)=O)nc2Cl)cc1. The molecule has 0 saturated carbocycles. The van der Waals surface area contributed by atoms with Crippen LogP contribution in [0.15, 0.2) is 24.3 Å². The van der Waals surface area contributed by atoms with Crippen molar-refractivity contribution in [3.05, 3.63) is 46.0 Å². The number of hydrogen-bond acceptors (Lipinski definition) is 4. The van der Waals surface area contributed by atoms with Crippen molar-refractivity contribution in [1.82, 2.24) is 9.97 Å². The second-order valence-electron chi connectivity index (χ2n) is 4.53. The second-order valence-corrected chi connectivity index (χ2v) is 7.39. The summed E-state index contributed by atoms with van der Waals surface area (Å²) in [7, 11) is -3.24. The third kappa shape index (κ3) is 3.69. The van der Waals surface area contributed by atoms with E-state index in [0.29, 0.717) is 5.56 Å². The predicted molar refractivity (Wildman–Crippen MR) is 80.8 cm³/mol. The quantitative estimate of drug-likeness (QED) is 0.810. The van der Waals surface area contributed by atoms with E-state index in [1.54, 1.807) is 0 Å². The Hall–Kier alpha value is -1.17. The lowest BCUT2D eigenvalue weighted by Gasteiger charge is -2.08. The molecule has 0 bridgehead atoms. The van der Waals surface area contributed by atoms with Gasteiger partial charge in [0.1, 0.15) is 21.9 Å². The molecule has 0 saturated heterocycles. The Labute approximate surface area is 127 Å². The highest BCUT2D eigenvalue weighted by atomic mass is 35.5. The zero-order valence-corrected chi connectivity index (χ0v) is 13.2. The van der Waals surface area contributed by atoms with Gasteiger partial charge in [-0.05, 0) is 12.5 Å². The van der Waals surface area contributed by atoms with Crippen molar-refractivity contribution >= 4 is 33.0 Å². The Morgan fingerprint density at radius 1 is 1.05 bits per heavy atom. The third-order valence-electron chi connectivity index (χ3n) is 2.60. The lowest BCUT2D eigenvalue weighted by molar-refractivity contribution is 0.599. The molecule has 0 aliphatic heterocycles. The number of nitrogens with zero attached hydrogens (tertiary/aromatic N) is 2. The minimum absolute atomic E-state index is 0.0957. The van der Waals surface area contributed by atoms with Crippen molar-refractivity contribution < 1.29 is 8.42 Å². The van der Waals surface area contributed by atoms with E-state index in [9.17, 15) is 8.42 Å². The summed E-state index contributed by atoms with van der Waals surface area (Å²) in [5.74, 6) is -0.195. The minimum atomic E-state index is -3.24. The van der Waals surface area contributed by atoms with Crippen molar-refractivity contribution in [3.63, 3.8) is 0 Å². The van der Waals surface area contributed by atoms with Gasteiger partial charge in [0.25, 0.3) is 0 Å². The smallest absolute Gasteiger partial charge is 0.154 e. The highest BCUT2D eigenvalue weighted by Crippen LogP contribution is 2.32. The lowest BCUT2D eigenvalue weighted by Crippen LogP contribution is -2.06. The maximum atomic E-state index is 11.2. The Balaban J connectivity index is 2.49. The summed E-state index contributed by atoms with van der Waals surface area (Å²) in [6.45, 7) is 1.97. The number of sulfone groups is 1. The van der Waals surface area contributed by atoms with E-state index in [1.165, 1.54) is 0 Å². The summed E-state index contributed by atoms with van der Waals surface area (Å²) in [6.07, 6.45) is 1.10. The van der Waals surface area contributed by atoms with Crippen LogP contribution in [0.3, 0.4) is 0 Å². The molecule has 0 aliphatic carbocycles. The van der Waals surface area contributed by atoms with Gasteiger partial charge in [-0.2, -0.15) is 0 Å². The van der Waals surface area contributed by atoms with Crippen molar-refractivity contribution in [2.45, 2.75) is 12.7 Å². The summed E-state index contributed by atoms with van der Waals surface area (Å²) < 4.78 is 22.5. The van der Waals surface area contributed by atoms with E-state index in [4.69, 9.17) is 23.2 Å². The van der Waals surface area contributed by atoms with Crippen LogP contribution in [0.1, 0.15) is 11.4 Å². The first-order valence-corrected chi connectivity index (χ1v) is 8.54. The van der Waals surface area contributed by atoms with Crippen LogP contribution in [-0.4, -0.2) is 24.6 Å². The second kappa shape index (κ2) is 5.68. The molecule has 0 N–H and O–H groups in total. The number of aromatic nitrogens is 2. The number of rotatable bonds is 3. The van der Waals surface area contributed by atoms with Crippen LogP contribution in [0.5, 0.6) is 0 Å². The number of halogens is 2. The van der Waals surface area contributed by atoms with Gasteiger partial charge in [0, 0.05) is 6.26 Å². The highest BCUT2D eigenvalue weighted by molar-refractivity contribution is 7.89. The zero-order chi connectivity index (χ0) is 14.9. The van der Waals surface area contributed by atoms with Gasteiger partial charge < -0.3 is 0 Å². The standard InChI is InChI=1S/C13H12Cl2N2O2S/c1-8-3-5-9(6-4-8)11-12(14)16-10(17-13(11)15)7-20(2,18)19/h3-6H,7H2,1-2H3. The maximum absolute atomic E-state index is 11.2. The van der Waals surface area contributed by atoms with Crippen LogP contribution in [0.4, 0.5) is 0 Å². The molecule has 0 unspecified atom stereocenters. The molecule has 0 spiro atoms. The number of benzene rings is 1. The average molecular weight is 331 g/mol. The zero-order valence-electron chi connectivity index (χ0n) is 10.9. The Kier molecular flexibility index (Phi) is 4.32. The lowest BCUT2D eigenvalue weighted by atomic mass is 10.1. The van der Waals surface area contributed by atoms with Crippen LogP contribution in [0, 0.1) is 6.92 Å². The molecule has 20 heavy (non-hydrogen) atoms. The van der Waals surface area contributed by atoms with Crippen LogP contribution in [0.2, 0.25) is 10.3 Å². The molecule has 2 rings (SSSR count). The predicted octanol–water partition coefficient (Wildman–Crippen LogP) is 3.30. The number of hydrogen-bond donors (Lipinski definition) is 0. The molecule has 0 radical (unpaired) electrons. The van der Waals surface area contributed by atoms with E-state index in [2.05, 4.69) is 9.97 Å². The molecule has 1 aromatic heterocycles. The van der Waals surface area contributed by atoms with Crippen molar-refractivity contribution in [3.8, 4) is 11.1 Å². The fourth-order valence-corrected chi connectivity index (χ4v) is 2.94. The van der Waals surface area contributed by atoms with E-state index in [1.807, 2.05) is 31.2 Å². The molecule has 0 fully saturated rings. The van der Waals surface area contributed by atoms with Gasteiger partial charge in [-0.1, -0.05) is 53.0 Å². The molecule has 106 valence electrons. The molecule has 1 aromatic carbocycles. The maximum Gasteiger partial charge on any atom is 0.154 e. The topological polar surface area (TPSA) is 59.9 Å². The van der Waals surface area contributed by atoms with Gasteiger partial charge in [-0.15, -0.1) is 0 Å². The molecule has 7 heteroatoms. The van der Waals surface area contributed by atoms with Gasteiger partial charge >= 0.3 is 0 Å². The summed E-state index contributed by atoms with van der Waals surface area (Å²) in [6, 6.07) is 7.57. The molecule has 1 heterocycles. The first-order valence-electron chi connectivity index (χ1n) is 5.73. The van der Waals surface area contributed by atoms with Crippen molar-refractivity contribution in [2.24, 2.45) is 0 Å². The summed E-state index contributed by atoms with van der Waals surface area (Å²) >= 11 is 12.2. The summed E-state index contributed by atoms with van der Waals surface area (Å²) in [5, 5.41) is 0.292. The summed E-state index contributed by atoms with van der Waals surface area (Å²) in [5.41, 5.74) is 2.40. The van der Waals surface area contributed by atoms with E-state index >= 15 is 0 Å². The highest BCUT2D eigenvalue weighted by Gasteiger charge is 2.16. The van der Waals surface area contributed by atoms with Gasteiger partial charge in [0.05, 0.1) is 5.56 Å². The van der Waals surface area contributed by atoms with Gasteiger partial charge in [0.15, 0.2) is 9.84 Å². The molecular formula is C13H12Cl2N2O2S. The van der Waals surface area contributed by atoms with Crippen molar-refractivity contribution in [1.29, 1.82) is 0 Å². The molecule has 4 nitrogen and oxygen atoms in total. The van der Waals surface area contributed by atoms with E-state index in [0.717, 1.165) is 17.4 Å². The van der Waals surface area contributed by atoms with E-state index in [-0.39, 0.29) is 21.9 Å². The van der Waals surface area contributed by atoms with Crippen molar-refractivity contribution in [2.75, 3.05) is 6.26 Å². The molecule has 0 amide bonds.